The normalized spacial score (nSPS) is 29.2. The molecule has 1 N–H and O–H groups in total. The predicted molar refractivity (Wildman–Crippen MR) is 60.5 cm³/mol. The average molecular weight is 220 g/mol. The van der Waals surface area contributed by atoms with Gasteiger partial charge in [0.05, 0.1) is 24.4 Å². The van der Waals surface area contributed by atoms with Crippen molar-refractivity contribution < 1.29 is 4.74 Å². The molecule has 2 aliphatic heterocycles. The third-order valence-electron chi connectivity index (χ3n) is 3.27. The van der Waals surface area contributed by atoms with Gasteiger partial charge in [0.25, 0.3) is 0 Å². The van der Waals surface area contributed by atoms with Gasteiger partial charge < -0.3 is 15.0 Å². The van der Waals surface area contributed by atoms with Crippen molar-refractivity contribution in [1.29, 1.82) is 0 Å². The molecule has 3 heterocycles. The smallest absolute Gasteiger partial charge is 0.151 e. The third kappa shape index (κ3) is 1.66. The van der Waals surface area contributed by atoms with E-state index in [-0.39, 0.29) is 0 Å². The van der Waals surface area contributed by atoms with Gasteiger partial charge in [0.2, 0.25) is 0 Å². The van der Waals surface area contributed by atoms with E-state index >= 15 is 0 Å². The largest absolute Gasteiger partial charge is 0.373 e. The van der Waals surface area contributed by atoms with Gasteiger partial charge in [-0.15, -0.1) is 5.10 Å². The van der Waals surface area contributed by atoms with Crippen LogP contribution in [-0.4, -0.2) is 48.6 Å². The third-order valence-corrected chi connectivity index (χ3v) is 3.27. The Morgan fingerprint density at radius 1 is 1.38 bits per heavy atom. The zero-order valence-corrected chi connectivity index (χ0v) is 9.39. The van der Waals surface area contributed by atoms with E-state index in [4.69, 9.17) is 4.74 Å². The molecule has 86 valence electrons. The Bertz CT molecular complexity index is 367. The lowest BCUT2D eigenvalue weighted by atomic mass is 10.1. The van der Waals surface area contributed by atoms with Crippen LogP contribution in [0.5, 0.6) is 0 Å². The van der Waals surface area contributed by atoms with Gasteiger partial charge in [0, 0.05) is 19.6 Å². The molecule has 0 spiro atoms. The number of ether oxygens (including phenoxy) is 1. The fourth-order valence-corrected chi connectivity index (χ4v) is 2.42. The first kappa shape index (κ1) is 9.99. The second-order valence-electron chi connectivity index (χ2n) is 4.36. The van der Waals surface area contributed by atoms with E-state index in [1.54, 1.807) is 0 Å². The number of aromatic nitrogens is 2. The summed E-state index contributed by atoms with van der Waals surface area (Å²) in [5.74, 6) is 0.965. The first-order valence-electron chi connectivity index (χ1n) is 5.74. The van der Waals surface area contributed by atoms with Crippen LogP contribution in [0.2, 0.25) is 0 Å². The molecule has 1 aromatic rings. The van der Waals surface area contributed by atoms with E-state index in [1.165, 1.54) is 0 Å². The minimum atomic E-state index is 0.303. The van der Waals surface area contributed by atoms with Crippen LogP contribution in [0.25, 0.3) is 0 Å². The van der Waals surface area contributed by atoms with Gasteiger partial charge in [-0.25, -0.2) is 0 Å². The van der Waals surface area contributed by atoms with E-state index in [9.17, 15) is 0 Å². The number of nitrogens with one attached hydrogen (secondary N) is 1. The molecule has 0 aromatic carbocycles. The number of anilines is 1. The molecule has 0 bridgehead atoms. The van der Waals surface area contributed by atoms with Crippen LogP contribution in [-0.2, 0) is 4.74 Å². The monoisotopic (exact) mass is 220 g/mol. The van der Waals surface area contributed by atoms with Gasteiger partial charge in [0.15, 0.2) is 5.82 Å². The van der Waals surface area contributed by atoms with Crippen molar-refractivity contribution in [3.8, 4) is 0 Å². The van der Waals surface area contributed by atoms with Crippen molar-refractivity contribution >= 4 is 5.82 Å². The Labute approximate surface area is 94.8 Å². The van der Waals surface area contributed by atoms with Crippen LogP contribution < -0.4 is 10.2 Å². The highest BCUT2D eigenvalue weighted by molar-refractivity contribution is 5.40. The molecular weight excluding hydrogens is 204 g/mol. The molecule has 16 heavy (non-hydrogen) atoms. The lowest BCUT2D eigenvalue weighted by Crippen LogP contribution is -2.51. The molecule has 3 rings (SSSR count). The molecule has 5 nitrogen and oxygen atoms in total. The summed E-state index contributed by atoms with van der Waals surface area (Å²) in [6.07, 6.45) is 0.303. The van der Waals surface area contributed by atoms with Crippen molar-refractivity contribution in [3.63, 3.8) is 0 Å². The first-order valence-corrected chi connectivity index (χ1v) is 5.74. The number of morpholine rings is 1. The number of hydrogen-bond donors (Lipinski definition) is 1. The molecule has 2 atom stereocenters. The Balaban J connectivity index is 1.85. The van der Waals surface area contributed by atoms with Crippen molar-refractivity contribution in [1.82, 2.24) is 15.5 Å². The SMILES string of the molecule is Cc1ccc(N2CCO[C@H]3CNC[C@H]32)nn1. The first-order chi connectivity index (χ1) is 7.84. The maximum atomic E-state index is 5.72. The van der Waals surface area contributed by atoms with E-state index in [0.717, 1.165) is 37.8 Å². The molecule has 1 aromatic heterocycles. The minimum Gasteiger partial charge on any atom is -0.373 e. The fourth-order valence-electron chi connectivity index (χ4n) is 2.42. The summed E-state index contributed by atoms with van der Waals surface area (Å²) in [6, 6.07) is 4.46. The highest BCUT2D eigenvalue weighted by atomic mass is 16.5. The molecule has 2 saturated heterocycles. The van der Waals surface area contributed by atoms with Crippen molar-refractivity contribution in [2.24, 2.45) is 0 Å². The maximum Gasteiger partial charge on any atom is 0.151 e. The topological polar surface area (TPSA) is 50.3 Å². The van der Waals surface area contributed by atoms with Gasteiger partial charge in [-0.05, 0) is 19.1 Å². The Hall–Kier alpha value is -1.20. The van der Waals surface area contributed by atoms with Gasteiger partial charge in [-0.3, -0.25) is 0 Å². The average Bonchev–Trinajstić information content (AvgIpc) is 2.78. The van der Waals surface area contributed by atoms with Crippen LogP contribution in [0, 0.1) is 6.92 Å². The zero-order valence-electron chi connectivity index (χ0n) is 9.39. The van der Waals surface area contributed by atoms with Crippen molar-refractivity contribution in [2.75, 3.05) is 31.1 Å². The van der Waals surface area contributed by atoms with E-state index in [1.807, 2.05) is 19.1 Å². The number of nitrogens with zero attached hydrogens (tertiary/aromatic N) is 3. The second kappa shape index (κ2) is 3.99. The molecule has 2 aliphatic rings. The molecule has 0 saturated carbocycles. The quantitative estimate of drug-likeness (QED) is 0.720. The number of aryl methyl sites for hydroxylation is 1. The van der Waals surface area contributed by atoms with E-state index < -0.39 is 0 Å². The van der Waals surface area contributed by atoms with Crippen molar-refractivity contribution in [3.05, 3.63) is 17.8 Å². The predicted octanol–water partition coefficient (Wildman–Crippen LogP) is -0.0380. The summed E-state index contributed by atoms with van der Waals surface area (Å²) in [4.78, 5) is 2.31. The van der Waals surface area contributed by atoms with Gasteiger partial charge in [-0.2, -0.15) is 5.10 Å². The molecule has 0 aliphatic carbocycles. The lowest BCUT2D eigenvalue weighted by molar-refractivity contribution is 0.0346. The van der Waals surface area contributed by atoms with E-state index in [0.29, 0.717) is 12.1 Å². The minimum absolute atomic E-state index is 0.303. The summed E-state index contributed by atoms with van der Waals surface area (Å²) >= 11 is 0. The summed E-state index contributed by atoms with van der Waals surface area (Å²) in [5, 5.41) is 11.7. The fraction of sp³-hybridized carbons (Fsp3) is 0.636. The van der Waals surface area contributed by atoms with Gasteiger partial charge >= 0.3 is 0 Å². The molecule has 0 amide bonds. The lowest BCUT2D eigenvalue weighted by Gasteiger charge is -2.37. The van der Waals surface area contributed by atoms with Crippen LogP contribution in [0.15, 0.2) is 12.1 Å². The summed E-state index contributed by atoms with van der Waals surface area (Å²) < 4.78 is 5.72. The Morgan fingerprint density at radius 2 is 2.31 bits per heavy atom. The highest BCUT2D eigenvalue weighted by Crippen LogP contribution is 2.22. The maximum absolute atomic E-state index is 5.72. The summed E-state index contributed by atoms with van der Waals surface area (Å²) in [6.45, 7) is 5.55. The van der Waals surface area contributed by atoms with Gasteiger partial charge in [0.1, 0.15) is 0 Å². The summed E-state index contributed by atoms with van der Waals surface area (Å²) in [7, 11) is 0. The molecule has 2 fully saturated rings. The van der Waals surface area contributed by atoms with Crippen LogP contribution >= 0.6 is 0 Å². The van der Waals surface area contributed by atoms with Crippen molar-refractivity contribution in [2.45, 2.75) is 19.1 Å². The molecule has 5 heteroatoms. The molecular formula is C11H16N4O. The zero-order chi connectivity index (χ0) is 11.0. The van der Waals surface area contributed by atoms with Crippen LogP contribution in [0.1, 0.15) is 5.69 Å². The second-order valence-corrected chi connectivity index (χ2v) is 4.36. The standard InChI is InChI=1S/C11H16N4O/c1-8-2-3-11(14-13-8)15-4-5-16-10-7-12-6-9(10)15/h2-3,9-10,12H,4-7H2,1H3/t9-,10+/m1/s1. The number of hydrogen-bond acceptors (Lipinski definition) is 5. The Morgan fingerprint density at radius 3 is 3.12 bits per heavy atom. The number of fused-ring (bicyclic) bond motifs is 1. The number of rotatable bonds is 1. The van der Waals surface area contributed by atoms with Crippen LogP contribution in [0.4, 0.5) is 5.82 Å². The van der Waals surface area contributed by atoms with Gasteiger partial charge in [-0.1, -0.05) is 0 Å². The molecule has 0 radical (unpaired) electrons. The Kier molecular flexibility index (Phi) is 2.49. The molecule has 0 unspecified atom stereocenters. The highest BCUT2D eigenvalue weighted by Gasteiger charge is 2.36. The van der Waals surface area contributed by atoms with E-state index in [2.05, 4.69) is 20.4 Å². The van der Waals surface area contributed by atoms with Crippen LogP contribution in [0.3, 0.4) is 0 Å². The summed E-state index contributed by atoms with van der Waals surface area (Å²) in [5.41, 5.74) is 0.957.